The molecule has 0 spiro atoms. The first-order chi connectivity index (χ1) is 11.4. The summed E-state index contributed by atoms with van der Waals surface area (Å²) in [7, 11) is 0. The van der Waals surface area contributed by atoms with Gasteiger partial charge in [0.15, 0.2) is 6.61 Å². The molecule has 2 aromatic carbocycles. The van der Waals surface area contributed by atoms with Gasteiger partial charge in [-0.3, -0.25) is 14.9 Å². The number of ether oxygens (including phenoxy) is 1. The Morgan fingerprint density at radius 1 is 1.12 bits per heavy atom. The van der Waals surface area contributed by atoms with E-state index in [0.717, 1.165) is 5.56 Å². The summed E-state index contributed by atoms with van der Waals surface area (Å²) in [4.78, 5) is 33.8. The highest BCUT2D eigenvalue weighted by molar-refractivity contribution is 5.96. The molecule has 0 saturated heterocycles. The van der Waals surface area contributed by atoms with Gasteiger partial charge in [0.25, 0.3) is 11.6 Å². The van der Waals surface area contributed by atoms with Crippen LogP contribution in [-0.2, 0) is 9.53 Å². The summed E-state index contributed by atoms with van der Waals surface area (Å²) in [5.74, 6) is -1.11. The Morgan fingerprint density at radius 3 is 2.38 bits per heavy atom. The zero-order chi connectivity index (χ0) is 17.7. The van der Waals surface area contributed by atoms with E-state index in [2.05, 4.69) is 5.32 Å². The molecule has 1 N–H and O–H groups in total. The number of nitrogens with one attached hydrogen (secondary N) is 1. The molecular formula is C17H16N2O5. The number of esters is 1. The number of carbonyl (C=O) groups excluding carboxylic acids is 2. The maximum absolute atomic E-state index is 11.9. The van der Waals surface area contributed by atoms with Crippen molar-refractivity contribution in [1.29, 1.82) is 0 Å². The lowest BCUT2D eigenvalue weighted by Crippen LogP contribution is -2.21. The van der Waals surface area contributed by atoms with Crippen molar-refractivity contribution in [3.63, 3.8) is 0 Å². The van der Waals surface area contributed by atoms with Crippen molar-refractivity contribution in [3.8, 4) is 0 Å². The molecule has 0 aliphatic rings. The van der Waals surface area contributed by atoms with Crippen LogP contribution in [0.3, 0.4) is 0 Å². The van der Waals surface area contributed by atoms with Crippen LogP contribution in [-0.4, -0.2) is 23.4 Å². The van der Waals surface area contributed by atoms with Crippen molar-refractivity contribution < 1.29 is 19.2 Å². The number of nitro groups is 1. The fourth-order valence-corrected chi connectivity index (χ4v) is 1.99. The fraction of sp³-hybridized carbons (Fsp3) is 0.176. The number of hydrogen-bond acceptors (Lipinski definition) is 5. The second-order valence-electron chi connectivity index (χ2n) is 5.25. The van der Waals surface area contributed by atoms with E-state index in [4.69, 9.17) is 4.74 Å². The van der Waals surface area contributed by atoms with Gasteiger partial charge in [-0.2, -0.15) is 0 Å². The smallest absolute Gasteiger partial charge is 0.338 e. The molecule has 7 heteroatoms. The van der Waals surface area contributed by atoms with Crippen molar-refractivity contribution in [3.05, 3.63) is 69.3 Å². The van der Waals surface area contributed by atoms with Gasteiger partial charge in [0.1, 0.15) is 0 Å². The molecule has 0 aliphatic heterocycles. The zero-order valence-electron chi connectivity index (χ0n) is 13.2. The van der Waals surface area contributed by atoms with Crippen molar-refractivity contribution in [2.45, 2.75) is 13.8 Å². The van der Waals surface area contributed by atoms with Crippen LogP contribution in [0.25, 0.3) is 0 Å². The molecule has 7 nitrogen and oxygen atoms in total. The number of non-ortho nitro benzene ring substituents is 1. The van der Waals surface area contributed by atoms with E-state index < -0.39 is 23.4 Å². The van der Waals surface area contributed by atoms with E-state index in [1.54, 1.807) is 31.2 Å². The van der Waals surface area contributed by atoms with Crippen LogP contribution < -0.4 is 5.32 Å². The lowest BCUT2D eigenvalue weighted by atomic mass is 10.1. The number of amides is 1. The van der Waals surface area contributed by atoms with E-state index in [9.17, 15) is 19.7 Å². The summed E-state index contributed by atoms with van der Waals surface area (Å²) in [6.45, 7) is 3.10. The highest BCUT2D eigenvalue weighted by Crippen LogP contribution is 2.21. The topological polar surface area (TPSA) is 98.5 Å². The fourth-order valence-electron chi connectivity index (χ4n) is 1.99. The maximum atomic E-state index is 11.9. The van der Waals surface area contributed by atoms with Gasteiger partial charge in [0.2, 0.25) is 0 Å². The normalized spacial score (nSPS) is 10.1. The Bertz CT molecular complexity index is 784. The molecule has 2 rings (SSSR count). The quantitative estimate of drug-likeness (QED) is 0.517. The summed E-state index contributed by atoms with van der Waals surface area (Å²) < 4.78 is 4.94. The SMILES string of the molecule is Cc1ccc(C(=O)OCC(=O)Nc2ccc([N+](=O)[O-])cc2C)cc1. The molecule has 124 valence electrons. The van der Waals surface area contributed by atoms with Gasteiger partial charge < -0.3 is 10.1 Å². The van der Waals surface area contributed by atoms with Crippen LogP contribution in [0.2, 0.25) is 0 Å². The summed E-state index contributed by atoms with van der Waals surface area (Å²) in [5, 5.41) is 13.2. The van der Waals surface area contributed by atoms with Gasteiger partial charge in [0.05, 0.1) is 10.5 Å². The van der Waals surface area contributed by atoms with Crippen molar-refractivity contribution >= 4 is 23.3 Å². The van der Waals surface area contributed by atoms with E-state index in [0.29, 0.717) is 16.8 Å². The first-order valence-corrected chi connectivity index (χ1v) is 7.15. The predicted molar refractivity (Wildman–Crippen MR) is 87.9 cm³/mol. The molecule has 1 amide bonds. The Labute approximate surface area is 138 Å². The highest BCUT2D eigenvalue weighted by atomic mass is 16.6. The molecule has 0 saturated carbocycles. The summed E-state index contributed by atoms with van der Waals surface area (Å²) in [5.41, 5.74) is 2.29. The summed E-state index contributed by atoms with van der Waals surface area (Å²) >= 11 is 0. The number of hydrogen-bond donors (Lipinski definition) is 1. The molecule has 0 atom stereocenters. The summed E-state index contributed by atoms with van der Waals surface area (Å²) in [6, 6.07) is 10.9. The van der Waals surface area contributed by atoms with Gasteiger partial charge in [-0.25, -0.2) is 4.79 Å². The number of benzene rings is 2. The Kier molecular flexibility index (Phi) is 5.26. The highest BCUT2D eigenvalue weighted by Gasteiger charge is 2.13. The lowest BCUT2D eigenvalue weighted by molar-refractivity contribution is -0.384. The van der Waals surface area contributed by atoms with Crippen LogP contribution >= 0.6 is 0 Å². The minimum Gasteiger partial charge on any atom is -0.452 e. The maximum Gasteiger partial charge on any atom is 0.338 e. The number of nitrogens with zero attached hydrogens (tertiary/aromatic N) is 1. The molecule has 0 fully saturated rings. The number of rotatable bonds is 5. The molecule has 0 aromatic heterocycles. The Balaban J connectivity index is 1.92. The largest absolute Gasteiger partial charge is 0.452 e. The third-order valence-electron chi connectivity index (χ3n) is 3.32. The minimum atomic E-state index is -0.592. The van der Waals surface area contributed by atoms with Crippen LogP contribution in [0.1, 0.15) is 21.5 Å². The third-order valence-corrected chi connectivity index (χ3v) is 3.32. The molecule has 0 unspecified atom stereocenters. The molecule has 24 heavy (non-hydrogen) atoms. The van der Waals surface area contributed by atoms with Crippen LogP contribution in [0.15, 0.2) is 42.5 Å². The van der Waals surface area contributed by atoms with Gasteiger partial charge in [-0.15, -0.1) is 0 Å². The number of nitro benzene ring substituents is 1. The van der Waals surface area contributed by atoms with Crippen molar-refractivity contribution in [2.24, 2.45) is 0 Å². The molecule has 2 aromatic rings. The second kappa shape index (κ2) is 7.36. The van der Waals surface area contributed by atoms with E-state index >= 15 is 0 Å². The molecule has 0 radical (unpaired) electrons. The first kappa shape index (κ1) is 17.1. The van der Waals surface area contributed by atoms with Crippen molar-refractivity contribution in [2.75, 3.05) is 11.9 Å². The molecule has 0 aliphatic carbocycles. The average Bonchev–Trinajstić information content (AvgIpc) is 2.55. The monoisotopic (exact) mass is 328 g/mol. The molecule has 0 heterocycles. The lowest BCUT2D eigenvalue weighted by Gasteiger charge is -2.09. The van der Waals surface area contributed by atoms with Gasteiger partial charge in [-0.05, 0) is 37.6 Å². The van der Waals surface area contributed by atoms with Crippen molar-refractivity contribution in [1.82, 2.24) is 0 Å². The zero-order valence-corrected chi connectivity index (χ0v) is 13.2. The number of aryl methyl sites for hydroxylation is 2. The second-order valence-corrected chi connectivity index (χ2v) is 5.25. The van der Waals surface area contributed by atoms with E-state index in [1.807, 2.05) is 6.92 Å². The molecular weight excluding hydrogens is 312 g/mol. The van der Waals surface area contributed by atoms with E-state index in [1.165, 1.54) is 18.2 Å². The minimum absolute atomic E-state index is 0.0590. The average molecular weight is 328 g/mol. The van der Waals surface area contributed by atoms with Crippen LogP contribution in [0.4, 0.5) is 11.4 Å². The summed E-state index contributed by atoms with van der Waals surface area (Å²) in [6.07, 6.45) is 0. The van der Waals surface area contributed by atoms with Crippen LogP contribution in [0.5, 0.6) is 0 Å². The standard InChI is InChI=1S/C17H16N2O5/c1-11-3-5-13(6-4-11)17(21)24-10-16(20)18-15-8-7-14(19(22)23)9-12(15)2/h3-9H,10H2,1-2H3,(H,18,20). The van der Waals surface area contributed by atoms with Gasteiger partial charge in [-0.1, -0.05) is 17.7 Å². The van der Waals surface area contributed by atoms with Gasteiger partial charge in [0, 0.05) is 17.8 Å². The van der Waals surface area contributed by atoms with E-state index in [-0.39, 0.29) is 5.69 Å². The van der Waals surface area contributed by atoms with Gasteiger partial charge >= 0.3 is 5.97 Å². The number of anilines is 1. The predicted octanol–water partition coefficient (Wildman–Crippen LogP) is 3.01. The van der Waals surface area contributed by atoms with Crippen LogP contribution in [0, 0.1) is 24.0 Å². The Morgan fingerprint density at radius 2 is 1.79 bits per heavy atom. The third kappa shape index (κ3) is 4.39. The Hall–Kier alpha value is -3.22. The number of carbonyl (C=O) groups is 2. The first-order valence-electron chi connectivity index (χ1n) is 7.15. The molecule has 0 bridgehead atoms.